The van der Waals surface area contributed by atoms with E-state index in [4.69, 9.17) is 4.52 Å². The van der Waals surface area contributed by atoms with Crippen LogP contribution in [-0.2, 0) is 6.18 Å². The van der Waals surface area contributed by atoms with E-state index in [0.717, 1.165) is 6.07 Å². The number of fused-ring (bicyclic) bond motifs is 1. The molecule has 0 fully saturated rings. The van der Waals surface area contributed by atoms with E-state index in [-0.39, 0.29) is 11.4 Å². The summed E-state index contributed by atoms with van der Waals surface area (Å²) in [5.41, 5.74) is -1.30. The van der Waals surface area contributed by atoms with Crippen LogP contribution in [-0.4, -0.2) is 11.1 Å². The Morgan fingerprint density at radius 2 is 1.92 bits per heavy atom. The molecule has 0 aliphatic rings. The number of rotatable bonds is 2. The highest BCUT2D eigenvalue weighted by Gasteiger charge is 2.34. The predicted octanol–water partition coefficient (Wildman–Crippen LogP) is 5.00. The van der Waals surface area contributed by atoms with Gasteiger partial charge in [-0.1, -0.05) is 21.1 Å². The molecule has 124 valence electrons. The molecule has 1 heterocycles. The number of benzene rings is 2. The highest BCUT2D eigenvalue weighted by molar-refractivity contribution is 9.10. The molecule has 0 atom stereocenters. The van der Waals surface area contributed by atoms with Crippen molar-refractivity contribution in [3.63, 3.8) is 0 Å². The smallest absolute Gasteiger partial charge is 0.354 e. The summed E-state index contributed by atoms with van der Waals surface area (Å²) in [7, 11) is 0. The number of hydrogen-bond donors (Lipinski definition) is 1. The van der Waals surface area contributed by atoms with E-state index in [1.807, 2.05) is 0 Å². The number of carbonyl (C=O) groups excluding carboxylic acids is 1. The van der Waals surface area contributed by atoms with Gasteiger partial charge in [0.05, 0.1) is 10.9 Å². The standard InChI is InChI=1S/C15H7BrF4N2O2/c16-8-2-4-12-9(6-8)13(22-24-12)21-14(23)7-1-3-10(11(17)5-7)15(18,19)20/h1-6H,(H,21,22,23). The molecule has 0 aliphatic heterocycles. The monoisotopic (exact) mass is 402 g/mol. The summed E-state index contributed by atoms with van der Waals surface area (Å²) >= 11 is 3.26. The molecule has 24 heavy (non-hydrogen) atoms. The first kappa shape index (κ1) is 16.4. The lowest BCUT2D eigenvalue weighted by Crippen LogP contribution is -2.14. The van der Waals surface area contributed by atoms with Gasteiger partial charge in [0.15, 0.2) is 11.4 Å². The summed E-state index contributed by atoms with van der Waals surface area (Å²) in [5.74, 6) is -2.25. The van der Waals surface area contributed by atoms with E-state index in [0.29, 0.717) is 27.6 Å². The molecule has 0 bridgehead atoms. The minimum Gasteiger partial charge on any atom is -0.354 e. The van der Waals surface area contributed by atoms with Crippen molar-refractivity contribution in [3.8, 4) is 0 Å². The number of nitrogens with one attached hydrogen (secondary N) is 1. The normalized spacial score (nSPS) is 11.7. The fraction of sp³-hybridized carbons (Fsp3) is 0.0667. The van der Waals surface area contributed by atoms with E-state index in [1.54, 1.807) is 18.2 Å². The molecule has 0 unspecified atom stereocenters. The molecule has 0 saturated heterocycles. The Morgan fingerprint density at radius 3 is 2.58 bits per heavy atom. The molecule has 3 rings (SSSR count). The van der Waals surface area contributed by atoms with Gasteiger partial charge in [-0.3, -0.25) is 4.79 Å². The summed E-state index contributed by atoms with van der Waals surface area (Å²) < 4.78 is 56.9. The second-order valence-electron chi connectivity index (χ2n) is 4.82. The molecule has 1 N–H and O–H groups in total. The van der Waals surface area contributed by atoms with Crippen molar-refractivity contribution in [2.45, 2.75) is 6.18 Å². The van der Waals surface area contributed by atoms with Gasteiger partial charge in [0.1, 0.15) is 5.82 Å². The second kappa shape index (κ2) is 5.90. The fourth-order valence-electron chi connectivity index (χ4n) is 2.07. The number of amides is 1. The third-order valence-corrected chi connectivity index (χ3v) is 3.69. The summed E-state index contributed by atoms with van der Waals surface area (Å²) in [6.45, 7) is 0. The zero-order chi connectivity index (χ0) is 17.5. The lowest BCUT2D eigenvalue weighted by Gasteiger charge is -2.09. The van der Waals surface area contributed by atoms with Crippen LogP contribution in [0.2, 0.25) is 0 Å². The first-order chi connectivity index (χ1) is 11.3. The van der Waals surface area contributed by atoms with Gasteiger partial charge in [-0.2, -0.15) is 13.2 Å². The zero-order valence-corrected chi connectivity index (χ0v) is 13.2. The summed E-state index contributed by atoms with van der Waals surface area (Å²) in [4.78, 5) is 12.1. The highest BCUT2D eigenvalue weighted by atomic mass is 79.9. The Kier molecular flexibility index (Phi) is 4.04. The van der Waals surface area contributed by atoms with Crippen LogP contribution in [0.5, 0.6) is 0 Å². The van der Waals surface area contributed by atoms with E-state index in [1.165, 1.54) is 0 Å². The number of anilines is 1. The van der Waals surface area contributed by atoms with Crippen molar-refractivity contribution < 1.29 is 26.9 Å². The van der Waals surface area contributed by atoms with E-state index in [2.05, 4.69) is 26.4 Å². The Hall–Kier alpha value is -2.42. The van der Waals surface area contributed by atoms with Gasteiger partial charge in [-0.05, 0) is 36.4 Å². The number of alkyl halides is 3. The molecule has 3 aromatic rings. The summed E-state index contributed by atoms with van der Waals surface area (Å²) in [5, 5.41) is 6.55. The van der Waals surface area contributed by atoms with Gasteiger partial charge in [0.2, 0.25) is 0 Å². The average molecular weight is 403 g/mol. The fourth-order valence-corrected chi connectivity index (χ4v) is 2.43. The van der Waals surface area contributed by atoms with Crippen LogP contribution in [0.4, 0.5) is 23.4 Å². The summed E-state index contributed by atoms with van der Waals surface area (Å²) in [6.07, 6.45) is -4.83. The van der Waals surface area contributed by atoms with Crippen molar-refractivity contribution in [2.24, 2.45) is 0 Å². The lowest BCUT2D eigenvalue weighted by atomic mass is 10.1. The molecule has 0 radical (unpaired) electrons. The number of hydrogen-bond acceptors (Lipinski definition) is 3. The Bertz CT molecular complexity index is 937. The molecule has 1 aromatic heterocycles. The second-order valence-corrected chi connectivity index (χ2v) is 5.73. The largest absolute Gasteiger partial charge is 0.419 e. The molecule has 4 nitrogen and oxygen atoms in total. The SMILES string of the molecule is O=C(Nc1noc2ccc(Br)cc12)c1ccc(C(F)(F)F)c(F)c1. The van der Waals surface area contributed by atoms with Crippen LogP contribution >= 0.6 is 15.9 Å². The third-order valence-electron chi connectivity index (χ3n) is 3.20. The van der Waals surface area contributed by atoms with Gasteiger partial charge < -0.3 is 9.84 Å². The molecule has 0 aliphatic carbocycles. The maximum absolute atomic E-state index is 13.6. The van der Waals surface area contributed by atoms with E-state index in [9.17, 15) is 22.4 Å². The number of halogens is 5. The molecular formula is C15H7BrF4N2O2. The highest BCUT2D eigenvalue weighted by Crippen LogP contribution is 2.32. The molecule has 0 spiro atoms. The van der Waals surface area contributed by atoms with Gasteiger partial charge >= 0.3 is 6.18 Å². The van der Waals surface area contributed by atoms with Crippen molar-refractivity contribution in [2.75, 3.05) is 5.32 Å². The molecule has 1 amide bonds. The maximum Gasteiger partial charge on any atom is 0.419 e. The minimum atomic E-state index is -4.83. The lowest BCUT2D eigenvalue weighted by molar-refractivity contribution is -0.140. The number of carbonyl (C=O) groups is 1. The Labute approximate surface area is 140 Å². The first-order valence-corrected chi connectivity index (χ1v) is 7.28. The topological polar surface area (TPSA) is 55.1 Å². The van der Waals surface area contributed by atoms with Gasteiger partial charge in [0.25, 0.3) is 5.91 Å². The molecular weight excluding hydrogens is 396 g/mol. The zero-order valence-electron chi connectivity index (χ0n) is 11.6. The van der Waals surface area contributed by atoms with Crippen LogP contribution in [0, 0.1) is 5.82 Å². The summed E-state index contributed by atoms with van der Waals surface area (Å²) in [6, 6.07) is 6.91. The van der Waals surface area contributed by atoms with Gasteiger partial charge in [0, 0.05) is 10.0 Å². The van der Waals surface area contributed by atoms with Gasteiger partial charge in [-0.15, -0.1) is 0 Å². The van der Waals surface area contributed by atoms with Crippen LogP contribution < -0.4 is 5.32 Å². The average Bonchev–Trinajstić information content (AvgIpc) is 2.88. The van der Waals surface area contributed by atoms with E-state index >= 15 is 0 Å². The first-order valence-electron chi connectivity index (χ1n) is 6.49. The molecule has 9 heteroatoms. The predicted molar refractivity (Wildman–Crippen MR) is 81.1 cm³/mol. The Balaban J connectivity index is 1.89. The minimum absolute atomic E-state index is 0.0802. The number of nitrogens with zero attached hydrogens (tertiary/aromatic N) is 1. The van der Waals surface area contributed by atoms with Crippen LogP contribution in [0.3, 0.4) is 0 Å². The van der Waals surface area contributed by atoms with Crippen LogP contribution in [0.25, 0.3) is 11.0 Å². The third kappa shape index (κ3) is 3.12. The Morgan fingerprint density at radius 1 is 1.17 bits per heavy atom. The van der Waals surface area contributed by atoms with Crippen molar-refractivity contribution in [1.29, 1.82) is 0 Å². The maximum atomic E-state index is 13.6. The molecule has 2 aromatic carbocycles. The van der Waals surface area contributed by atoms with E-state index < -0.39 is 23.5 Å². The van der Waals surface area contributed by atoms with Crippen LogP contribution in [0.15, 0.2) is 45.4 Å². The van der Waals surface area contributed by atoms with Crippen molar-refractivity contribution >= 4 is 38.6 Å². The van der Waals surface area contributed by atoms with Crippen molar-refractivity contribution in [1.82, 2.24) is 5.16 Å². The van der Waals surface area contributed by atoms with Gasteiger partial charge in [-0.25, -0.2) is 4.39 Å². The number of aromatic nitrogens is 1. The quantitative estimate of drug-likeness (QED) is 0.613. The van der Waals surface area contributed by atoms with Crippen molar-refractivity contribution in [3.05, 3.63) is 57.8 Å². The van der Waals surface area contributed by atoms with Crippen LogP contribution in [0.1, 0.15) is 15.9 Å². The molecule has 0 saturated carbocycles.